The van der Waals surface area contributed by atoms with E-state index < -0.39 is 0 Å². The normalized spacial score (nSPS) is 33.3. The molecule has 0 aromatic rings. The van der Waals surface area contributed by atoms with Crippen molar-refractivity contribution in [3.8, 4) is 0 Å². The Hall–Kier alpha value is -0.340. The SMILES string of the molecule is C[C@@H]1CN(C/C=C/C2CCCCC2)C[C@H](C)O1. The second kappa shape index (κ2) is 6.55. The molecule has 98 valence electrons. The van der Waals surface area contributed by atoms with Crippen LogP contribution in [-0.2, 0) is 4.74 Å². The van der Waals surface area contributed by atoms with Crippen LogP contribution in [0.5, 0.6) is 0 Å². The number of hydrogen-bond acceptors (Lipinski definition) is 2. The van der Waals surface area contributed by atoms with Gasteiger partial charge in [-0.1, -0.05) is 31.4 Å². The first-order valence-corrected chi connectivity index (χ1v) is 7.28. The maximum Gasteiger partial charge on any atom is 0.0678 e. The zero-order chi connectivity index (χ0) is 12.1. The van der Waals surface area contributed by atoms with Gasteiger partial charge in [0, 0.05) is 19.6 Å². The van der Waals surface area contributed by atoms with E-state index in [-0.39, 0.29) is 0 Å². The molecule has 0 spiro atoms. The van der Waals surface area contributed by atoms with Crippen molar-refractivity contribution in [2.45, 2.75) is 58.2 Å². The molecule has 1 aliphatic heterocycles. The quantitative estimate of drug-likeness (QED) is 0.699. The van der Waals surface area contributed by atoms with Gasteiger partial charge in [-0.05, 0) is 32.6 Å². The Kier molecular flexibility index (Phi) is 5.05. The summed E-state index contributed by atoms with van der Waals surface area (Å²) in [6.07, 6.45) is 12.8. The predicted molar refractivity (Wildman–Crippen MR) is 72.2 cm³/mol. The van der Waals surface area contributed by atoms with Gasteiger partial charge in [-0.15, -0.1) is 0 Å². The van der Waals surface area contributed by atoms with Gasteiger partial charge in [-0.3, -0.25) is 4.90 Å². The van der Waals surface area contributed by atoms with Crippen LogP contribution in [0.4, 0.5) is 0 Å². The minimum Gasteiger partial charge on any atom is -0.373 e. The highest BCUT2D eigenvalue weighted by Crippen LogP contribution is 2.24. The summed E-state index contributed by atoms with van der Waals surface area (Å²) in [6.45, 7) is 7.62. The van der Waals surface area contributed by atoms with Crippen LogP contribution in [0.2, 0.25) is 0 Å². The van der Waals surface area contributed by atoms with E-state index in [1.54, 1.807) is 0 Å². The largest absolute Gasteiger partial charge is 0.373 e. The molecule has 1 saturated heterocycles. The summed E-state index contributed by atoms with van der Waals surface area (Å²) < 4.78 is 5.75. The van der Waals surface area contributed by atoms with E-state index in [0.717, 1.165) is 25.6 Å². The Labute approximate surface area is 106 Å². The lowest BCUT2D eigenvalue weighted by Gasteiger charge is -2.34. The molecule has 1 aliphatic carbocycles. The molecule has 2 nitrogen and oxygen atoms in total. The van der Waals surface area contributed by atoms with Crippen LogP contribution in [0.3, 0.4) is 0 Å². The van der Waals surface area contributed by atoms with Crippen molar-refractivity contribution in [1.82, 2.24) is 4.90 Å². The third-order valence-corrected chi connectivity index (χ3v) is 3.92. The van der Waals surface area contributed by atoms with Crippen molar-refractivity contribution in [1.29, 1.82) is 0 Å². The monoisotopic (exact) mass is 237 g/mol. The Balaban J connectivity index is 1.71. The lowest BCUT2D eigenvalue weighted by molar-refractivity contribution is -0.0646. The average Bonchev–Trinajstić information content (AvgIpc) is 2.29. The van der Waals surface area contributed by atoms with Gasteiger partial charge in [0.25, 0.3) is 0 Å². The van der Waals surface area contributed by atoms with Crippen molar-refractivity contribution >= 4 is 0 Å². The van der Waals surface area contributed by atoms with Gasteiger partial charge in [0.2, 0.25) is 0 Å². The van der Waals surface area contributed by atoms with E-state index >= 15 is 0 Å². The molecular weight excluding hydrogens is 210 g/mol. The van der Waals surface area contributed by atoms with Crippen LogP contribution >= 0.6 is 0 Å². The number of allylic oxidation sites excluding steroid dienone is 1. The van der Waals surface area contributed by atoms with Crippen molar-refractivity contribution in [2.75, 3.05) is 19.6 Å². The first kappa shape index (κ1) is 13.1. The molecule has 0 unspecified atom stereocenters. The fourth-order valence-electron chi connectivity index (χ4n) is 3.16. The summed E-state index contributed by atoms with van der Waals surface area (Å²) in [7, 11) is 0. The molecular formula is C15H27NO. The summed E-state index contributed by atoms with van der Waals surface area (Å²) in [5.74, 6) is 0.861. The van der Waals surface area contributed by atoms with Gasteiger partial charge in [-0.25, -0.2) is 0 Å². The number of morpholine rings is 1. The Bertz CT molecular complexity index is 235. The summed E-state index contributed by atoms with van der Waals surface area (Å²) in [5.41, 5.74) is 0. The third-order valence-electron chi connectivity index (χ3n) is 3.92. The van der Waals surface area contributed by atoms with E-state index in [1.807, 2.05) is 0 Å². The molecule has 2 rings (SSSR count). The predicted octanol–water partition coefficient (Wildman–Crippen LogP) is 3.23. The molecule has 0 aromatic carbocycles. The standard InChI is InChI=1S/C15H27NO/c1-13-11-16(12-14(2)17-13)10-6-9-15-7-4-3-5-8-15/h6,9,13-15H,3-5,7-8,10-12H2,1-2H3/b9-6+/t13-,14+. The van der Waals surface area contributed by atoms with E-state index in [0.29, 0.717) is 12.2 Å². The zero-order valence-electron chi connectivity index (χ0n) is 11.4. The molecule has 17 heavy (non-hydrogen) atoms. The van der Waals surface area contributed by atoms with Crippen molar-refractivity contribution in [3.05, 3.63) is 12.2 Å². The van der Waals surface area contributed by atoms with Crippen LogP contribution in [0.25, 0.3) is 0 Å². The van der Waals surface area contributed by atoms with Gasteiger partial charge in [-0.2, -0.15) is 0 Å². The minimum atomic E-state index is 0.391. The minimum absolute atomic E-state index is 0.391. The first-order valence-electron chi connectivity index (χ1n) is 7.28. The molecule has 2 atom stereocenters. The lowest BCUT2D eigenvalue weighted by atomic mass is 9.89. The van der Waals surface area contributed by atoms with E-state index in [1.165, 1.54) is 32.1 Å². The van der Waals surface area contributed by atoms with Crippen molar-refractivity contribution < 1.29 is 4.74 Å². The molecule has 2 heteroatoms. The molecule has 1 heterocycles. The molecule has 0 radical (unpaired) electrons. The van der Waals surface area contributed by atoms with E-state index in [9.17, 15) is 0 Å². The highest BCUT2D eigenvalue weighted by molar-refractivity contribution is 4.92. The number of nitrogens with zero attached hydrogens (tertiary/aromatic N) is 1. The molecule has 1 saturated carbocycles. The second-order valence-corrected chi connectivity index (χ2v) is 5.80. The summed E-state index contributed by atoms with van der Waals surface area (Å²) in [5, 5.41) is 0. The van der Waals surface area contributed by atoms with Crippen LogP contribution in [-0.4, -0.2) is 36.7 Å². The van der Waals surface area contributed by atoms with Crippen molar-refractivity contribution in [2.24, 2.45) is 5.92 Å². The molecule has 0 bridgehead atoms. The van der Waals surface area contributed by atoms with Crippen LogP contribution in [0.1, 0.15) is 46.0 Å². The average molecular weight is 237 g/mol. The lowest BCUT2D eigenvalue weighted by Crippen LogP contribution is -2.45. The maximum absolute atomic E-state index is 5.75. The van der Waals surface area contributed by atoms with Crippen LogP contribution in [0, 0.1) is 5.92 Å². The smallest absolute Gasteiger partial charge is 0.0678 e. The third kappa shape index (κ3) is 4.44. The Morgan fingerprint density at radius 2 is 1.71 bits per heavy atom. The van der Waals surface area contributed by atoms with Crippen LogP contribution in [0.15, 0.2) is 12.2 Å². The summed E-state index contributed by atoms with van der Waals surface area (Å²) in [6, 6.07) is 0. The highest BCUT2D eigenvalue weighted by atomic mass is 16.5. The Morgan fingerprint density at radius 3 is 2.35 bits per heavy atom. The molecule has 0 N–H and O–H groups in total. The summed E-state index contributed by atoms with van der Waals surface area (Å²) >= 11 is 0. The van der Waals surface area contributed by atoms with E-state index in [4.69, 9.17) is 4.74 Å². The molecule has 0 amide bonds. The molecule has 2 aliphatic rings. The summed E-state index contributed by atoms with van der Waals surface area (Å²) in [4.78, 5) is 2.51. The van der Waals surface area contributed by atoms with Gasteiger partial charge >= 0.3 is 0 Å². The fraction of sp³-hybridized carbons (Fsp3) is 0.867. The maximum atomic E-state index is 5.75. The van der Waals surface area contributed by atoms with Gasteiger partial charge in [0.05, 0.1) is 12.2 Å². The van der Waals surface area contributed by atoms with Crippen LogP contribution < -0.4 is 0 Å². The second-order valence-electron chi connectivity index (χ2n) is 5.80. The fourth-order valence-corrected chi connectivity index (χ4v) is 3.16. The molecule has 2 fully saturated rings. The van der Waals surface area contributed by atoms with Gasteiger partial charge < -0.3 is 4.74 Å². The van der Waals surface area contributed by atoms with Gasteiger partial charge in [0.1, 0.15) is 0 Å². The van der Waals surface area contributed by atoms with Crippen molar-refractivity contribution in [3.63, 3.8) is 0 Å². The Morgan fingerprint density at radius 1 is 1.06 bits per heavy atom. The van der Waals surface area contributed by atoms with Gasteiger partial charge in [0.15, 0.2) is 0 Å². The zero-order valence-corrected chi connectivity index (χ0v) is 11.4. The number of ether oxygens (including phenoxy) is 1. The number of rotatable bonds is 3. The number of hydrogen-bond donors (Lipinski definition) is 0. The first-order chi connectivity index (χ1) is 8.24. The molecule has 0 aromatic heterocycles. The van der Waals surface area contributed by atoms with E-state index in [2.05, 4.69) is 30.9 Å². The highest BCUT2D eigenvalue weighted by Gasteiger charge is 2.20. The topological polar surface area (TPSA) is 12.5 Å².